The number of ether oxygens (including phenoxy) is 1. The van der Waals surface area contributed by atoms with Crippen LogP contribution in [-0.2, 0) is 14.0 Å². The summed E-state index contributed by atoms with van der Waals surface area (Å²) in [5.41, 5.74) is 1.93. The first-order valence-corrected chi connectivity index (χ1v) is 8.76. The molecular weight excluding hydrogens is 238 g/mol. The minimum atomic E-state index is -1.91. The second kappa shape index (κ2) is 6.49. The van der Waals surface area contributed by atoms with Crippen LogP contribution in [0.25, 0.3) is 0 Å². The molecule has 0 unspecified atom stereocenters. The molecule has 0 radical (unpaired) electrons. The van der Waals surface area contributed by atoms with Crippen LogP contribution in [0.15, 0.2) is 0 Å². The molecule has 0 aliphatic heterocycles. The molecule has 0 aromatic carbocycles. The highest BCUT2D eigenvalue weighted by molar-refractivity contribution is 6.74. The van der Waals surface area contributed by atoms with Gasteiger partial charge in [0, 0.05) is 0 Å². The molecule has 5 nitrogen and oxygen atoms in total. The smallest absolute Gasteiger partial charge is 0.327 e. The largest absolute Gasteiger partial charge is 0.465 e. The van der Waals surface area contributed by atoms with E-state index < -0.39 is 20.3 Å². The van der Waals surface area contributed by atoms with E-state index in [0.29, 0.717) is 0 Å². The Kier molecular flexibility index (Phi) is 6.32. The van der Waals surface area contributed by atoms with Crippen molar-refractivity contribution < 1.29 is 19.2 Å². The third-order valence-electron chi connectivity index (χ3n) is 3.14. The van der Waals surface area contributed by atoms with Crippen LogP contribution in [0.2, 0.25) is 18.1 Å². The number of rotatable bonds is 6. The van der Waals surface area contributed by atoms with Crippen LogP contribution in [-0.4, -0.2) is 38.7 Å². The van der Waals surface area contributed by atoms with Gasteiger partial charge in [0.2, 0.25) is 0 Å². The van der Waals surface area contributed by atoms with Crippen molar-refractivity contribution in [3.63, 3.8) is 0 Å². The summed E-state index contributed by atoms with van der Waals surface area (Å²) in [5, 5.41) is 8.98. The maximum Gasteiger partial charge on any atom is 0.327 e. The Hall–Kier alpha value is -0.433. The standard InChI is InChI=1S/C11H25NO4Si/c1-7-15-10(13)9(12-14)8-16-17(5,6)11(2,3)4/h9,12,14H,7-8H2,1-6H3/t9-/m0/s1. The second-order valence-electron chi connectivity index (χ2n) is 5.51. The van der Waals surface area contributed by atoms with Gasteiger partial charge in [-0.2, -0.15) is 5.48 Å². The van der Waals surface area contributed by atoms with Gasteiger partial charge in [-0.25, -0.2) is 0 Å². The predicted octanol–water partition coefficient (Wildman–Crippen LogP) is 1.92. The minimum Gasteiger partial charge on any atom is -0.465 e. The third kappa shape index (κ3) is 5.16. The highest BCUT2D eigenvalue weighted by Crippen LogP contribution is 2.36. The van der Waals surface area contributed by atoms with Gasteiger partial charge >= 0.3 is 5.97 Å². The van der Waals surface area contributed by atoms with Crippen molar-refractivity contribution in [1.29, 1.82) is 0 Å². The molecular formula is C11H25NO4Si. The van der Waals surface area contributed by atoms with Crippen LogP contribution < -0.4 is 5.48 Å². The lowest BCUT2D eigenvalue weighted by atomic mass is 10.2. The second-order valence-corrected chi connectivity index (χ2v) is 10.3. The predicted molar refractivity (Wildman–Crippen MR) is 68.5 cm³/mol. The zero-order valence-electron chi connectivity index (χ0n) is 11.7. The monoisotopic (exact) mass is 263 g/mol. The molecule has 0 aromatic heterocycles. The molecule has 0 fully saturated rings. The molecule has 17 heavy (non-hydrogen) atoms. The van der Waals surface area contributed by atoms with E-state index in [1.165, 1.54) is 0 Å². The molecule has 1 atom stereocenters. The lowest BCUT2D eigenvalue weighted by Crippen LogP contribution is -2.47. The summed E-state index contributed by atoms with van der Waals surface area (Å²) in [6.45, 7) is 12.7. The average Bonchev–Trinajstić information content (AvgIpc) is 2.17. The summed E-state index contributed by atoms with van der Waals surface area (Å²) in [4.78, 5) is 11.4. The molecule has 102 valence electrons. The van der Waals surface area contributed by atoms with Crippen LogP contribution >= 0.6 is 0 Å². The summed E-state index contributed by atoms with van der Waals surface area (Å²) < 4.78 is 10.6. The van der Waals surface area contributed by atoms with Crippen molar-refractivity contribution in [3.8, 4) is 0 Å². The highest BCUT2D eigenvalue weighted by atomic mass is 28.4. The summed E-state index contributed by atoms with van der Waals surface area (Å²) in [6.07, 6.45) is 0. The summed E-state index contributed by atoms with van der Waals surface area (Å²) >= 11 is 0. The van der Waals surface area contributed by atoms with Crippen LogP contribution in [0.3, 0.4) is 0 Å². The number of hydrogen-bond acceptors (Lipinski definition) is 5. The fourth-order valence-corrected chi connectivity index (χ4v) is 1.93. The van der Waals surface area contributed by atoms with E-state index in [4.69, 9.17) is 14.4 Å². The minimum absolute atomic E-state index is 0.0711. The van der Waals surface area contributed by atoms with Crippen LogP contribution in [0, 0.1) is 0 Å². The molecule has 6 heteroatoms. The first-order valence-electron chi connectivity index (χ1n) is 5.86. The Bertz CT molecular complexity index is 250. The van der Waals surface area contributed by atoms with E-state index in [2.05, 4.69) is 33.9 Å². The lowest BCUT2D eigenvalue weighted by molar-refractivity contribution is -0.149. The molecule has 0 spiro atoms. The molecule has 0 aliphatic rings. The first kappa shape index (κ1) is 16.6. The maximum atomic E-state index is 11.4. The number of esters is 1. The van der Waals surface area contributed by atoms with Crippen molar-refractivity contribution in [2.24, 2.45) is 0 Å². The van der Waals surface area contributed by atoms with E-state index in [0.717, 1.165) is 0 Å². The molecule has 0 rings (SSSR count). The number of hydrogen-bond donors (Lipinski definition) is 2. The molecule has 0 heterocycles. The average molecular weight is 263 g/mol. The molecule has 0 bridgehead atoms. The van der Waals surface area contributed by atoms with Gasteiger partial charge in [-0.15, -0.1) is 0 Å². The number of carbonyl (C=O) groups excluding carboxylic acids is 1. The Labute approximate surface area is 105 Å². The highest BCUT2D eigenvalue weighted by Gasteiger charge is 2.38. The molecule has 0 saturated carbocycles. The summed E-state index contributed by atoms with van der Waals surface area (Å²) in [6, 6.07) is -0.816. The van der Waals surface area contributed by atoms with Gasteiger partial charge in [0.25, 0.3) is 0 Å². The van der Waals surface area contributed by atoms with Crippen molar-refractivity contribution in [2.45, 2.75) is 51.9 Å². The van der Waals surface area contributed by atoms with Crippen LogP contribution in [0.5, 0.6) is 0 Å². The van der Waals surface area contributed by atoms with E-state index in [1.54, 1.807) is 6.92 Å². The Morgan fingerprint density at radius 2 is 1.94 bits per heavy atom. The first-order chi connectivity index (χ1) is 7.65. The van der Waals surface area contributed by atoms with Gasteiger partial charge < -0.3 is 14.4 Å². The lowest BCUT2D eigenvalue weighted by Gasteiger charge is -2.36. The van der Waals surface area contributed by atoms with E-state index in [-0.39, 0.29) is 18.3 Å². The Morgan fingerprint density at radius 3 is 2.29 bits per heavy atom. The number of carbonyl (C=O) groups is 1. The quantitative estimate of drug-likeness (QED) is 0.435. The van der Waals surface area contributed by atoms with E-state index >= 15 is 0 Å². The SMILES string of the molecule is CCOC(=O)[C@H](CO[Si](C)(C)C(C)(C)C)NO. The maximum absolute atomic E-state index is 11.4. The van der Waals surface area contributed by atoms with Gasteiger partial charge in [-0.1, -0.05) is 20.8 Å². The van der Waals surface area contributed by atoms with Crippen molar-refractivity contribution >= 4 is 14.3 Å². The van der Waals surface area contributed by atoms with E-state index in [1.807, 2.05) is 5.48 Å². The molecule has 0 aliphatic carbocycles. The molecule has 0 amide bonds. The van der Waals surface area contributed by atoms with Gasteiger partial charge in [0.1, 0.15) is 0 Å². The molecule has 0 aromatic rings. The summed E-state index contributed by atoms with van der Waals surface area (Å²) in [5.74, 6) is -0.492. The fraction of sp³-hybridized carbons (Fsp3) is 0.909. The zero-order chi connectivity index (χ0) is 13.7. The van der Waals surface area contributed by atoms with Crippen molar-refractivity contribution in [1.82, 2.24) is 5.48 Å². The van der Waals surface area contributed by atoms with Crippen molar-refractivity contribution in [2.75, 3.05) is 13.2 Å². The zero-order valence-corrected chi connectivity index (χ0v) is 12.7. The van der Waals surface area contributed by atoms with Gasteiger partial charge in [-0.05, 0) is 25.1 Å². The Balaban J connectivity index is 4.38. The van der Waals surface area contributed by atoms with Gasteiger partial charge in [-0.3, -0.25) is 4.79 Å². The molecule has 0 saturated heterocycles. The van der Waals surface area contributed by atoms with Gasteiger partial charge in [0.15, 0.2) is 14.4 Å². The topological polar surface area (TPSA) is 67.8 Å². The molecule has 2 N–H and O–H groups in total. The van der Waals surface area contributed by atoms with E-state index in [9.17, 15) is 4.79 Å². The fourth-order valence-electron chi connectivity index (χ4n) is 0.909. The number of nitrogens with one attached hydrogen (secondary N) is 1. The van der Waals surface area contributed by atoms with Crippen LogP contribution in [0.1, 0.15) is 27.7 Å². The normalized spacial score (nSPS) is 14.5. The number of hydroxylamine groups is 1. The van der Waals surface area contributed by atoms with Crippen molar-refractivity contribution in [3.05, 3.63) is 0 Å². The Morgan fingerprint density at radius 1 is 1.41 bits per heavy atom. The third-order valence-corrected chi connectivity index (χ3v) is 7.64. The van der Waals surface area contributed by atoms with Crippen LogP contribution in [0.4, 0.5) is 0 Å². The van der Waals surface area contributed by atoms with Gasteiger partial charge in [0.05, 0.1) is 13.2 Å². The summed E-state index contributed by atoms with van der Waals surface area (Å²) in [7, 11) is -1.91.